The third-order valence-electron chi connectivity index (χ3n) is 11.4. The average molecular weight is 940 g/mol. The number of halogens is 5. The van der Waals surface area contributed by atoms with E-state index in [0.29, 0.717) is 32.7 Å². The summed E-state index contributed by atoms with van der Waals surface area (Å²) in [5.41, 5.74) is 3.43. The van der Waals surface area contributed by atoms with Crippen molar-refractivity contribution in [3.05, 3.63) is 111 Å². The van der Waals surface area contributed by atoms with Crippen LogP contribution in [0.1, 0.15) is 24.3 Å². The van der Waals surface area contributed by atoms with Gasteiger partial charge < -0.3 is 14.7 Å². The van der Waals surface area contributed by atoms with E-state index in [9.17, 15) is 28.7 Å². The van der Waals surface area contributed by atoms with E-state index >= 15 is 0 Å². The fraction of sp³-hybridized carbons (Fsp3) is 0.268. The van der Waals surface area contributed by atoms with Gasteiger partial charge in [-0.25, -0.2) is 9.29 Å². The highest BCUT2D eigenvalue weighted by molar-refractivity contribution is 9.13. The molecule has 2 heterocycles. The van der Waals surface area contributed by atoms with Crippen LogP contribution >= 0.6 is 55.1 Å². The summed E-state index contributed by atoms with van der Waals surface area (Å²) in [7, 11) is 5.24. The molecular weight excluding hydrogens is 908 g/mol. The number of rotatable bonds is 7. The van der Waals surface area contributed by atoms with Crippen LogP contribution in [0.25, 0.3) is 0 Å². The maximum Gasteiger partial charge on any atom is 0.258 e. The summed E-state index contributed by atoms with van der Waals surface area (Å²) in [4.78, 5) is 57.7. The number of anilines is 3. The first-order chi connectivity index (χ1) is 27.1. The molecule has 4 aromatic rings. The van der Waals surface area contributed by atoms with Gasteiger partial charge in [-0.1, -0.05) is 11.6 Å². The molecule has 1 saturated carbocycles. The Balaban J connectivity index is 1.18. The molecule has 2 aliphatic carbocycles. The fourth-order valence-electron chi connectivity index (χ4n) is 8.58. The summed E-state index contributed by atoms with van der Waals surface area (Å²) >= 11 is 22.0. The number of allylic oxidation sites excluding steroid dienone is 2. The van der Waals surface area contributed by atoms with E-state index in [1.165, 1.54) is 25.3 Å². The Labute approximate surface area is 353 Å². The maximum absolute atomic E-state index is 14.7. The molecule has 3 fully saturated rings. The molecule has 292 valence electrons. The number of hydrogen-bond acceptors (Lipinski definition) is 9. The van der Waals surface area contributed by atoms with E-state index in [-0.39, 0.29) is 34.5 Å². The Kier molecular flexibility index (Phi) is 9.86. The van der Waals surface area contributed by atoms with Crippen molar-refractivity contribution < 1.29 is 33.4 Å². The van der Waals surface area contributed by atoms with Crippen LogP contribution in [-0.4, -0.2) is 59.7 Å². The Morgan fingerprint density at radius 2 is 1.40 bits per heavy atom. The molecule has 4 aliphatic rings. The molecule has 16 heteroatoms. The molecule has 6 unspecified atom stereocenters. The molecule has 0 aromatic heterocycles. The zero-order chi connectivity index (χ0) is 40.7. The van der Waals surface area contributed by atoms with Crippen molar-refractivity contribution in [3.63, 3.8) is 0 Å². The van der Waals surface area contributed by atoms with Gasteiger partial charge in [-0.15, -0.1) is 23.2 Å². The summed E-state index contributed by atoms with van der Waals surface area (Å²) in [6, 6.07) is 20.4. The number of hydrogen-bond donors (Lipinski definition) is 1. The number of azo groups is 1. The fourth-order valence-corrected chi connectivity index (χ4v) is 10.5. The topological polar surface area (TPSA) is 132 Å². The molecule has 8 rings (SSSR count). The number of benzene rings is 4. The Morgan fingerprint density at radius 3 is 2.00 bits per heavy atom. The highest BCUT2D eigenvalue weighted by atomic mass is 79.9. The van der Waals surface area contributed by atoms with Crippen molar-refractivity contribution in [1.29, 1.82) is 0 Å². The maximum atomic E-state index is 14.7. The number of imide groups is 2. The van der Waals surface area contributed by atoms with Crippen LogP contribution < -0.4 is 19.4 Å². The zero-order valence-corrected chi connectivity index (χ0v) is 35.1. The molecule has 4 aromatic carbocycles. The van der Waals surface area contributed by atoms with Crippen molar-refractivity contribution in [2.45, 2.75) is 28.5 Å². The van der Waals surface area contributed by atoms with Crippen LogP contribution in [0.5, 0.6) is 11.5 Å². The van der Waals surface area contributed by atoms with E-state index < -0.39 is 62.9 Å². The number of aromatic hydroxyl groups is 1. The summed E-state index contributed by atoms with van der Waals surface area (Å²) in [6.07, 6.45) is 1.67. The largest absolute Gasteiger partial charge is 0.503 e. The molecule has 11 nitrogen and oxygen atoms in total. The average Bonchev–Trinajstić information content (AvgIpc) is 3.54. The number of nitrogens with zero attached hydrogens (tertiary/aromatic N) is 5. The van der Waals surface area contributed by atoms with Gasteiger partial charge in [-0.05, 0) is 135 Å². The molecule has 4 amide bonds. The first kappa shape index (κ1) is 39.2. The van der Waals surface area contributed by atoms with Gasteiger partial charge in [0, 0.05) is 30.2 Å². The number of phenolic OH excluding ortho intramolecular Hbond substituents is 1. The second kappa shape index (κ2) is 14.3. The molecular formula is C41H32Br2Cl2FN5O6. The number of fused-ring (bicyclic) bond motifs is 4. The van der Waals surface area contributed by atoms with E-state index in [0.717, 1.165) is 27.6 Å². The highest BCUT2D eigenvalue weighted by Crippen LogP contribution is 2.67. The number of methoxy groups -OCH3 is 1. The molecule has 57 heavy (non-hydrogen) atoms. The number of carbonyl (C=O) groups excluding carboxylic acids is 4. The molecule has 0 bridgehead atoms. The monoisotopic (exact) mass is 937 g/mol. The zero-order valence-electron chi connectivity index (χ0n) is 30.4. The first-order valence-electron chi connectivity index (χ1n) is 17.8. The van der Waals surface area contributed by atoms with E-state index in [2.05, 4.69) is 42.1 Å². The molecule has 1 N–H and O–H groups in total. The van der Waals surface area contributed by atoms with Crippen molar-refractivity contribution in [2.75, 3.05) is 35.9 Å². The van der Waals surface area contributed by atoms with Crippen LogP contribution in [0.15, 0.2) is 110 Å². The minimum absolute atomic E-state index is 0.0348. The second-order valence-corrected chi connectivity index (χ2v) is 17.4. The van der Waals surface area contributed by atoms with Gasteiger partial charge in [0.25, 0.3) is 11.8 Å². The number of phenols is 1. The number of carbonyl (C=O) groups is 4. The molecule has 2 aliphatic heterocycles. The Bertz CT molecular complexity index is 2430. The molecule has 6 atom stereocenters. The van der Waals surface area contributed by atoms with Gasteiger partial charge in [0.2, 0.25) is 11.8 Å². The van der Waals surface area contributed by atoms with Crippen LogP contribution in [0.4, 0.5) is 32.8 Å². The lowest BCUT2D eigenvalue weighted by Gasteiger charge is -2.51. The lowest BCUT2D eigenvalue weighted by molar-refractivity contribution is -0.125. The van der Waals surface area contributed by atoms with Crippen LogP contribution in [0, 0.1) is 23.6 Å². The van der Waals surface area contributed by atoms with E-state index in [1.807, 2.05) is 43.3 Å². The van der Waals surface area contributed by atoms with Crippen molar-refractivity contribution in [1.82, 2.24) is 0 Å². The normalized spacial score (nSPS) is 26.8. The minimum Gasteiger partial charge on any atom is -0.503 e. The lowest BCUT2D eigenvalue weighted by atomic mass is 9.56. The molecule has 0 spiro atoms. The molecule has 0 radical (unpaired) electrons. The van der Waals surface area contributed by atoms with Crippen LogP contribution in [0.3, 0.4) is 0 Å². The predicted octanol–water partition coefficient (Wildman–Crippen LogP) is 9.31. The summed E-state index contributed by atoms with van der Waals surface area (Å²) < 4.78 is 20.0. The van der Waals surface area contributed by atoms with Gasteiger partial charge in [0.15, 0.2) is 21.2 Å². The lowest BCUT2D eigenvalue weighted by Crippen LogP contribution is -2.60. The van der Waals surface area contributed by atoms with E-state index in [1.54, 1.807) is 30.3 Å². The predicted molar refractivity (Wildman–Crippen MR) is 221 cm³/mol. The number of amides is 4. The standard InChI is InChI=1S/C41H32Br2Cl2FN5O6/c1-49(2)23-12-6-21(7-13-23)47-48-22-8-14-24(15-9-22)50-36(53)27-17-16-26-29(31(27)37(50)54)19-40(44)38(55)51(25-10-4-20(46)5-11-25)39(56)41(40,45)32(26)28-18-30(57-3)35(52)34(43)33(28)42/h4-16,18,27,29,31-32,52H,17,19H2,1-3H3. The summed E-state index contributed by atoms with van der Waals surface area (Å²) in [6.45, 7) is 0. The van der Waals surface area contributed by atoms with Gasteiger partial charge >= 0.3 is 0 Å². The van der Waals surface area contributed by atoms with Crippen molar-refractivity contribution in [3.8, 4) is 11.5 Å². The van der Waals surface area contributed by atoms with Gasteiger partial charge in [-0.2, -0.15) is 10.2 Å². The van der Waals surface area contributed by atoms with Gasteiger partial charge in [0.1, 0.15) is 5.82 Å². The van der Waals surface area contributed by atoms with Gasteiger partial charge in [-0.3, -0.25) is 24.1 Å². The van der Waals surface area contributed by atoms with Gasteiger partial charge in [0.05, 0.1) is 46.2 Å². The highest BCUT2D eigenvalue weighted by Gasteiger charge is 2.77. The Hall–Kier alpha value is -4.63. The quantitative estimate of drug-likeness (QED) is 0.0846. The van der Waals surface area contributed by atoms with Crippen LogP contribution in [-0.2, 0) is 19.2 Å². The third kappa shape index (κ3) is 5.92. The summed E-state index contributed by atoms with van der Waals surface area (Å²) in [5.74, 6) is -7.18. The number of alkyl halides is 2. The van der Waals surface area contributed by atoms with E-state index in [4.69, 9.17) is 27.9 Å². The third-order valence-corrected chi connectivity index (χ3v) is 14.9. The SMILES string of the molecule is COc1cc(C2C3=CCC4C(=O)N(c5ccc(N=Nc6ccc(N(C)C)cc6)cc5)C(=O)C4C3CC3(Cl)C(=O)N(c4ccc(F)cc4)C(=O)C23Cl)c(Br)c(Br)c1O. The minimum atomic E-state index is -2.19. The number of ether oxygens (including phenoxy) is 1. The second-order valence-electron chi connectivity index (χ2n) is 14.5. The van der Waals surface area contributed by atoms with Crippen molar-refractivity contribution in [2.24, 2.45) is 28.0 Å². The van der Waals surface area contributed by atoms with Crippen molar-refractivity contribution >= 4 is 107 Å². The first-order valence-corrected chi connectivity index (χ1v) is 20.1. The van der Waals surface area contributed by atoms with Crippen LogP contribution in [0.2, 0.25) is 0 Å². The smallest absolute Gasteiger partial charge is 0.258 e. The molecule has 2 saturated heterocycles. The Morgan fingerprint density at radius 1 is 0.825 bits per heavy atom. The summed E-state index contributed by atoms with van der Waals surface area (Å²) in [5, 5.41) is 19.5.